The number of nitrogens with zero attached hydrogens (tertiary/aromatic N) is 2. The van der Waals surface area contributed by atoms with Crippen LogP contribution in [-0.4, -0.2) is 27.9 Å². The highest BCUT2D eigenvalue weighted by molar-refractivity contribution is 7.99. The van der Waals surface area contributed by atoms with Crippen molar-refractivity contribution in [3.63, 3.8) is 0 Å². The van der Waals surface area contributed by atoms with Crippen LogP contribution in [0.2, 0.25) is 5.02 Å². The first kappa shape index (κ1) is 17.1. The van der Waals surface area contributed by atoms with Gasteiger partial charge in [0, 0.05) is 16.8 Å². The van der Waals surface area contributed by atoms with Gasteiger partial charge in [-0.1, -0.05) is 36.2 Å². The smallest absolute Gasteiger partial charge is 0.277 e. The predicted molar refractivity (Wildman–Crippen MR) is 94.2 cm³/mol. The van der Waals surface area contributed by atoms with Gasteiger partial charge in [0.25, 0.3) is 5.22 Å². The van der Waals surface area contributed by atoms with Crippen LogP contribution in [0, 0.1) is 0 Å². The summed E-state index contributed by atoms with van der Waals surface area (Å²) in [6.07, 6.45) is 4.56. The van der Waals surface area contributed by atoms with Gasteiger partial charge < -0.3 is 15.1 Å². The van der Waals surface area contributed by atoms with Crippen molar-refractivity contribution in [1.82, 2.24) is 15.5 Å². The van der Waals surface area contributed by atoms with Crippen LogP contribution in [0.25, 0.3) is 0 Å². The molecule has 8 heteroatoms. The molecule has 0 radical (unpaired) electrons. The highest BCUT2D eigenvalue weighted by atomic mass is 35.5. The van der Waals surface area contributed by atoms with Crippen molar-refractivity contribution in [1.29, 1.82) is 0 Å². The summed E-state index contributed by atoms with van der Waals surface area (Å²) < 4.78 is 5.52. The van der Waals surface area contributed by atoms with Gasteiger partial charge in [-0.05, 0) is 37.1 Å². The fourth-order valence-electron chi connectivity index (χ4n) is 2.58. The predicted octanol–water partition coefficient (Wildman–Crippen LogP) is 3.49. The zero-order valence-corrected chi connectivity index (χ0v) is 14.7. The van der Waals surface area contributed by atoms with Crippen molar-refractivity contribution in [2.24, 2.45) is 0 Å². The number of nitrogens with one attached hydrogen (secondary N) is 2. The van der Waals surface area contributed by atoms with E-state index in [9.17, 15) is 4.79 Å². The first-order chi connectivity index (χ1) is 11.7. The number of anilines is 1. The summed E-state index contributed by atoms with van der Waals surface area (Å²) in [4.78, 5) is 11.9. The topological polar surface area (TPSA) is 80.1 Å². The van der Waals surface area contributed by atoms with Crippen LogP contribution >= 0.6 is 23.4 Å². The quantitative estimate of drug-likeness (QED) is 0.730. The molecule has 6 nitrogen and oxygen atoms in total. The number of hydrogen-bond acceptors (Lipinski definition) is 6. The molecule has 2 aromatic rings. The molecule has 1 amide bonds. The van der Waals surface area contributed by atoms with E-state index in [0.717, 1.165) is 18.5 Å². The highest BCUT2D eigenvalue weighted by Crippen LogP contribution is 2.20. The van der Waals surface area contributed by atoms with Crippen LogP contribution in [0.15, 0.2) is 33.9 Å². The lowest BCUT2D eigenvalue weighted by Gasteiger charge is -2.10. The Bertz CT molecular complexity index is 671. The van der Waals surface area contributed by atoms with Crippen molar-refractivity contribution in [2.75, 3.05) is 11.1 Å². The standard InChI is InChI=1S/C16H19ClN4O2S/c17-11-5-7-12(8-6-11)18-9-15-20-21-16(23-15)24-10-14(22)19-13-3-1-2-4-13/h5-8,13,18H,1-4,9-10H2,(H,19,22). The van der Waals surface area contributed by atoms with Gasteiger partial charge in [-0.2, -0.15) is 0 Å². The normalized spacial score (nSPS) is 14.7. The first-order valence-corrected chi connectivity index (χ1v) is 9.29. The van der Waals surface area contributed by atoms with Crippen molar-refractivity contribution in [3.05, 3.63) is 35.2 Å². The number of thioether (sulfide) groups is 1. The van der Waals surface area contributed by atoms with Gasteiger partial charge >= 0.3 is 0 Å². The van der Waals surface area contributed by atoms with Gasteiger partial charge in [0.2, 0.25) is 11.8 Å². The average Bonchev–Trinajstić information content (AvgIpc) is 3.24. The molecule has 0 bridgehead atoms. The maximum Gasteiger partial charge on any atom is 0.277 e. The summed E-state index contributed by atoms with van der Waals surface area (Å²) in [5.41, 5.74) is 0.919. The second-order valence-electron chi connectivity index (χ2n) is 5.66. The van der Waals surface area contributed by atoms with E-state index in [-0.39, 0.29) is 5.91 Å². The molecule has 0 unspecified atom stereocenters. The lowest BCUT2D eigenvalue weighted by atomic mass is 10.2. The van der Waals surface area contributed by atoms with Crippen molar-refractivity contribution in [2.45, 2.75) is 43.5 Å². The molecular formula is C16H19ClN4O2S. The number of carbonyl (C=O) groups is 1. The summed E-state index contributed by atoms with van der Waals surface area (Å²) in [6.45, 7) is 0.420. The molecule has 0 saturated heterocycles. The largest absolute Gasteiger partial charge is 0.414 e. The zero-order chi connectivity index (χ0) is 16.8. The molecule has 1 aliphatic carbocycles. The number of rotatable bonds is 7. The van der Waals surface area contributed by atoms with E-state index in [4.69, 9.17) is 16.0 Å². The molecule has 0 spiro atoms. The molecule has 24 heavy (non-hydrogen) atoms. The minimum absolute atomic E-state index is 0.0194. The van der Waals surface area contributed by atoms with E-state index in [1.165, 1.54) is 24.6 Å². The maximum atomic E-state index is 11.9. The Hall–Kier alpha value is -1.73. The highest BCUT2D eigenvalue weighted by Gasteiger charge is 2.17. The van der Waals surface area contributed by atoms with Crippen LogP contribution in [-0.2, 0) is 11.3 Å². The van der Waals surface area contributed by atoms with Crippen LogP contribution in [0.4, 0.5) is 5.69 Å². The molecule has 0 atom stereocenters. The Morgan fingerprint density at radius 3 is 2.75 bits per heavy atom. The van der Waals surface area contributed by atoms with Crippen molar-refractivity contribution >= 4 is 35.0 Å². The van der Waals surface area contributed by atoms with E-state index in [1.807, 2.05) is 24.3 Å². The molecule has 1 aromatic carbocycles. The van der Waals surface area contributed by atoms with Crippen molar-refractivity contribution < 1.29 is 9.21 Å². The summed E-state index contributed by atoms with van der Waals surface area (Å²) in [5, 5.41) is 15.2. The second kappa shape index (κ2) is 8.39. The fraction of sp³-hybridized carbons (Fsp3) is 0.438. The number of carbonyl (C=O) groups excluding carboxylic acids is 1. The third kappa shape index (κ3) is 5.14. The lowest BCUT2D eigenvalue weighted by molar-refractivity contribution is -0.119. The number of amides is 1. The molecule has 1 fully saturated rings. The molecule has 128 valence electrons. The summed E-state index contributed by atoms with van der Waals surface area (Å²) >= 11 is 7.10. The lowest BCUT2D eigenvalue weighted by Crippen LogP contribution is -2.33. The number of halogens is 1. The van der Waals surface area contributed by atoms with E-state index < -0.39 is 0 Å². The summed E-state index contributed by atoms with van der Waals surface area (Å²) in [7, 11) is 0. The molecule has 2 N–H and O–H groups in total. The van der Waals surface area contributed by atoms with Gasteiger partial charge in [-0.25, -0.2) is 0 Å². The second-order valence-corrected chi connectivity index (χ2v) is 7.02. The summed E-state index contributed by atoms with van der Waals surface area (Å²) in [6, 6.07) is 7.70. The molecule has 1 aliphatic rings. The molecule has 3 rings (SSSR count). The zero-order valence-electron chi connectivity index (χ0n) is 13.1. The first-order valence-electron chi connectivity index (χ1n) is 7.93. The fourth-order valence-corrected chi connectivity index (χ4v) is 3.30. The molecule has 0 aliphatic heterocycles. The third-order valence-electron chi connectivity index (χ3n) is 3.78. The Morgan fingerprint density at radius 1 is 1.25 bits per heavy atom. The van der Waals surface area contributed by atoms with Crippen molar-refractivity contribution in [3.8, 4) is 0 Å². The Balaban J connectivity index is 1.41. The van der Waals surface area contributed by atoms with Gasteiger partial charge in [0.15, 0.2) is 0 Å². The van der Waals surface area contributed by atoms with Crippen LogP contribution in [0.1, 0.15) is 31.6 Å². The Kier molecular flexibility index (Phi) is 5.98. The van der Waals surface area contributed by atoms with E-state index in [0.29, 0.717) is 34.5 Å². The molecule has 1 heterocycles. The van der Waals surface area contributed by atoms with E-state index in [1.54, 1.807) is 0 Å². The monoisotopic (exact) mass is 366 g/mol. The minimum atomic E-state index is 0.0194. The van der Waals surface area contributed by atoms with E-state index in [2.05, 4.69) is 20.8 Å². The van der Waals surface area contributed by atoms with E-state index >= 15 is 0 Å². The number of aromatic nitrogens is 2. The number of hydrogen-bond donors (Lipinski definition) is 2. The van der Waals surface area contributed by atoms with Crippen LogP contribution < -0.4 is 10.6 Å². The number of benzene rings is 1. The van der Waals surface area contributed by atoms with Gasteiger partial charge in [0.1, 0.15) is 0 Å². The van der Waals surface area contributed by atoms with Crippen LogP contribution in [0.5, 0.6) is 0 Å². The molecular weight excluding hydrogens is 348 g/mol. The van der Waals surface area contributed by atoms with Crippen LogP contribution in [0.3, 0.4) is 0 Å². The molecule has 1 aromatic heterocycles. The van der Waals surface area contributed by atoms with Gasteiger partial charge in [-0.15, -0.1) is 10.2 Å². The van der Waals surface area contributed by atoms with Gasteiger partial charge in [-0.3, -0.25) is 4.79 Å². The minimum Gasteiger partial charge on any atom is -0.414 e. The Labute approximate surface area is 149 Å². The maximum absolute atomic E-state index is 11.9. The average molecular weight is 367 g/mol. The SMILES string of the molecule is O=C(CSc1nnc(CNc2ccc(Cl)cc2)o1)NC1CCCC1. The third-order valence-corrected chi connectivity index (χ3v) is 4.85. The Morgan fingerprint density at radius 2 is 2.00 bits per heavy atom. The molecule has 1 saturated carbocycles. The summed E-state index contributed by atoms with van der Waals surface area (Å²) in [5.74, 6) is 0.789. The van der Waals surface area contributed by atoms with Gasteiger partial charge in [0.05, 0.1) is 12.3 Å².